The molecule has 4 unspecified atom stereocenters. The standard InChI is InChI=1S/C17H28N2O2/c1-5-17(4)14(20)18-16(2,3)15(21)19(17)10-13-9-11-6-7-12(13)8-11/h11-13H,5-10H2,1-4H3,(H,18,20). The first-order valence-electron chi connectivity index (χ1n) is 8.42. The first-order valence-corrected chi connectivity index (χ1v) is 8.42. The lowest BCUT2D eigenvalue weighted by molar-refractivity contribution is -0.162. The van der Waals surface area contributed by atoms with Crippen LogP contribution in [0.5, 0.6) is 0 Å². The number of carbonyl (C=O) groups excluding carboxylic acids is 2. The van der Waals surface area contributed by atoms with Crippen molar-refractivity contribution >= 4 is 11.8 Å². The Labute approximate surface area is 127 Å². The minimum atomic E-state index is -0.774. The van der Waals surface area contributed by atoms with Crippen LogP contribution >= 0.6 is 0 Å². The molecule has 1 N–H and O–H groups in total. The summed E-state index contributed by atoms with van der Waals surface area (Å²) in [5, 5.41) is 2.91. The summed E-state index contributed by atoms with van der Waals surface area (Å²) >= 11 is 0. The molecule has 1 aliphatic heterocycles. The van der Waals surface area contributed by atoms with Gasteiger partial charge < -0.3 is 10.2 Å². The van der Waals surface area contributed by atoms with Gasteiger partial charge in [-0.1, -0.05) is 13.3 Å². The van der Waals surface area contributed by atoms with E-state index in [0.717, 1.165) is 18.4 Å². The maximum Gasteiger partial charge on any atom is 0.248 e. The molecule has 4 atom stereocenters. The maximum atomic E-state index is 12.9. The molecule has 3 aliphatic rings. The number of fused-ring (bicyclic) bond motifs is 2. The van der Waals surface area contributed by atoms with Crippen LogP contribution in [0.1, 0.15) is 59.8 Å². The quantitative estimate of drug-likeness (QED) is 0.868. The molecule has 2 amide bonds. The molecule has 3 fully saturated rings. The van der Waals surface area contributed by atoms with Gasteiger partial charge in [0.05, 0.1) is 0 Å². The van der Waals surface area contributed by atoms with E-state index in [2.05, 4.69) is 5.32 Å². The normalized spacial score (nSPS) is 41.5. The molecule has 1 heterocycles. The fraction of sp³-hybridized carbons (Fsp3) is 0.882. The number of carbonyl (C=O) groups is 2. The Hall–Kier alpha value is -1.06. The summed E-state index contributed by atoms with van der Waals surface area (Å²) in [6.07, 6.45) is 5.94. The first kappa shape index (κ1) is 14.9. The Morgan fingerprint density at radius 2 is 1.90 bits per heavy atom. The van der Waals surface area contributed by atoms with Crippen LogP contribution in [0.2, 0.25) is 0 Å². The van der Waals surface area contributed by atoms with Crippen LogP contribution < -0.4 is 5.32 Å². The van der Waals surface area contributed by atoms with Gasteiger partial charge >= 0.3 is 0 Å². The second-order valence-corrected chi connectivity index (χ2v) is 8.06. The van der Waals surface area contributed by atoms with E-state index in [9.17, 15) is 9.59 Å². The molecule has 4 nitrogen and oxygen atoms in total. The number of piperazine rings is 1. The largest absolute Gasteiger partial charge is 0.340 e. The van der Waals surface area contributed by atoms with Crippen LogP contribution in [-0.2, 0) is 9.59 Å². The van der Waals surface area contributed by atoms with E-state index >= 15 is 0 Å². The molecule has 0 aromatic rings. The van der Waals surface area contributed by atoms with Gasteiger partial charge in [-0.25, -0.2) is 0 Å². The van der Waals surface area contributed by atoms with Crippen molar-refractivity contribution in [2.45, 2.75) is 70.9 Å². The second kappa shape index (κ2) is 4.72. The molecule has 118 valence electrons. The molecule has 2 bridgehead atoms. The summed E-state index contributed by atoms with van der Waals surface area (Å²) in [5.74, 6) is 2.32. The maximum absolute atomic E-state index is 12.9. The smallest absolute Gasteiger partial charge is 0.248 e. The van der Waals surface area contributed by atoms with E-state index in [0.29, 0.717) is 12.3 Å². The van der Waals surface area contributed by atoms with Crippen molar-refractivity contribution in [1.29, 1.82) is 0 Å². The number of hydrogen-bond donors (Lipinski definition) is 1. The molecule has 1 saturated heterocycles. The van der Waals surface area contributed by atoms with Crippen molar-refractivity contribution in [3.63, 3.8) is 0 Å². The van der Waals surface area contributed by atoms with Gasteiger partial charge in [0, 0.05) is 6.54 Å². The third-order valence-corrected chi connectivity index (χ3v) is 6.28. The summed E-state index contributed by atoms with van der Waals surface area (Å²) < 4.78 is 0. The van der Waals surface area contributed by atoms with Crippen LogP contribution in [0.4, 0.5) is 0 Å². The summed E-state index contributed by atoms with van der Waals surface area (Å²) in [4.78, 5) is 27.3. The van der Waals surface area contributed by atoms with E-state index in [1.807, 2.05) is 32.6 Å². The molecule has 21 heavy (non-hydrogen) atoms. The van der Waals surface area contributed by atoms with Crippen molar-refractivity contribution in [3.8, 4) is 0 Å². The van der Waals surface area contributed by atoms with E-state index in [1.165, 1.54) is 25.7 Å². The Morgan fingerprint density at radius 3 is 2.43 bits per heavy atom. The van der Waals surface area contributed by atoms with E-state index in [4.69, 9.17) is 0 Å². The fourth-order valence-corrected chi connectivity index (χ4v) is 4.63. The SMILES string of the molecule is CCC1(C)C(=O)NC(C)(C)C(=O)N1CC1CC2CCC1C2. The van der Waals surface area contributed by atoms with Crippen molar-refractivity contribution in [3.05, 3.63) is 0 Å². The number of rotatable bonds is 3. The lowest BCUT2D eigenvalue weighted by Gasteiger charge is -2.50. The third kappa shape index (κ3) is 2.18. The zero-order chi connectivity index (χ0) is 15.4. The highest BCUT2D eigenvalue weighted by Gasteiger charge is 2.53. The number of amides is 2. The molecule has 3 rings (SSSR count). The zero-order valence-corrected chi connectivity index (χ0v) is 13.7. The highest BCUT2D eigenvalue weighted by Crippen LogP contribution is 2.49. The van der Waals surface area contributed by atoms with Crippen LogP contribution in [0.15, 0.2) is 0 Å². The van der Waals surface area contributed by atoms with Crippen LogP contribution in [-0.4, -0.2) is 34.3 Å². The predicted octanol–water partition coefficient (Wildman–Crippen LogP) is 2.33. The van der Waals surface area contributed by atoms with Crippen molar-refractivity contribution < 1.29 is 9.59 Å². The molecule has 0 aromatic heterocycles. The fourth-order valence-electron chi connectivity index (χ4n) is 4.63. The third-order valence-electron chi connectivity index (χ3n) is 6.28. The lowest BCUT2D eigenvalue weighted by atomic mass is 9.82. The number of hydrogen-bond acceptors (Lipinski definition) is 2. The minimum Gasteiger partial charge on any atom is -0.340 e. The van der Waals surface area contributed by atoms with Gasteiger partial charge in [-0.2, -0.15) is 0 Å². The number of nitrogens with zero attached hydrogens (tertiary/aromatic N) is 1. The Balaban J connectivity index is 1.85. The van der Waals surface area contributed by atoms with Crippen LogP contribution in [0.25, 0.3) is 0 Å². The van der Waals surface area contributed by atoms with Crippen molar-refractivity contribution in [1.82, 2.24) is 10.2 Å². The van der Waals surface area contributed by atoms with Gasteiger partial charge in [-0.05, 0) is 64.2 Å². The van der Waals surface area contributed by atoms with Crippen molar-refractivity contribution in [2.75, 3.05) is 6.54 Å². The zero-order valence-electron chi connectivity index (χ0n) is 13.7. The van der Waals surface area contributed by atoms with Gasteiger partial charge in [0.15, 0.2) is 0 Å². The topological polar surface area (TPSA) is 49.4 Å². The van der Waals surface area contributed by atoms with Gasteiger partial charge in [0.1, 0.15) is 11.1 Å². The monoisotopic (exact) mass is 292 g/mol. The number of nitrogens with one attached hydrogen (secondary N) is 1. The van der Waals surface area contributed by atoms with E-state index < -0.39 is 11.1 Å². The van der Waals surface area contributed by atoms with Crippen molar-refractivity contribution in [2.24, 2.45) is 17.8 Å². The molecular weight excluding hydrogens is 264 g/mol. The molecule has 4 heteroatoms. The van der Waals surface area contributed by atoms with Gasteiger partial charge in [0.2, 0.25) is 11.8 Å². The Bertz CT molecular complexity index is 473. The summed E-state index contributed by atoms with van der Waals surface area (Å²) in [6, 6.07) is 0. The van der Waals surface area contributed by atoms with Gasteiger partial charge in [0.25, 0.3) is 0 Å². The van der Waals surface area contributed by atoms with E-state index in [1.54, 1.807) is 0 Å². The highest BCUT2D eigenvalue weighted by atomic mass is 16.2. The lowest BCUT2D eigenvalue weighted by Crippen LogP contribution is -2.73. The molecule has 0 radical (unpaired) electrons. The second-order valence-electron chi connectivity index (χ2n) is 8.06. The molecular formula is C17H28N2O2. The van der Waals surface area contributed by atoms with Gasteiger partial charge in [-0.3, -0.25) is 9.59 Å². The van der Waals surface area contributed by atoms with Crippen LogP contribution in [0.3, 0.4) is 0 Å². The molecule has 0 aromatic carbocycles. The summed E-state index contributed by atoms with van der Waals surface area (Å²) in [6.45, 7) is 8.31. The molecule has 0 spiro atoms. The average molecular weight is 292 g/mol. The molecule has 2 saturated carbocycles. The van der Waals surface area contributed by atoms with E-state index in [-0.39, 0.29) is 11.8 Å². The minimum absolute atomic E-state index is 0.00208. The summed E-state index contributed by atoms with van der Waals surface area (Å²) in [5.41, 5.74) is -1.46. The Kier molecular flexibility index (Phi) is 3.34. The predicted molar refractivity (Wildman–Crippen MR) is 81.6 cm³/mol. The Morgan fingerprint density at radius 1 is 1.19 bits per heavy atom. The first-order chi connectivity index (χ1) is 9.78. The van der Waals surface area contributed by atoms with Gasteiger partial charge in [-0.15, -0.1) is 0 Å². The average Bonchev–Trinajstić information content (AvgIpc) is 3.03. The highest BCUT2D eigenvalue weighted by molar-refractivity contribution is 6.01. The summed E-state index contributed by atoms with van der Waals surface area (Å²) in [7, 11) is 0. The van der Waals surface area contributed by atoms with Crippen LogP contribution in [0, 0.1) is 17.8 Å². The molecule has 2 aliphatic carbocycles.